The lowest BCUT2D eigenvalue weighted by molar-refractivity contribution is -0.125. The van der Waals surface area contributed by atoms with E-state index >= 15 is 0 Å². The van der Waals surface area contributed by atoms with Crippen molar-refractivity contribution in [2.75, 3.05) is 12.4 Å². The Kier molecular flexibility index (Phi) is 4.57. The Labute approximate surface area is 166 Å². The molecule has 7 heteroatoms. The number of anilines is 1. The number of amides is 1. The van der Waals surface area contributed by atoms with E-state index in [1.807, 2.05) is 43.3 Å². The van der Waals surface area contributed by atoms with Crippen LogP contribution in [0.1, 0.15) is 35.1 Å². The van der Waals surface area contributed by atoms with Gasteiger partial charge >= 0.3 is 0 Å². The number of nitrogens with zero attached hydrogens (tertiary/aromatic N) is 3. The number of benzene rings is 2. The summed E-state index contributed by atoms with van der Waals surface area (Å²) in [7, 11) is 1.62. The molecule has 0 saturated carbocycles. The Balaban J connectivity index is 1.80. The molecule has 2 atom stereocenters. The summed E-state index contributed by atoms with van der Waals surface area (Å²) in [5.41, 5.74) is 4.54. The molecule has 1 amide bonds. The quantitative estimate of drug-likeness (QED) is 0.733. The first-order valence-corrected chi connectivity index (χ1v) is 9.67. The number of carbonyl (C=O) groups excluding carboxylic acids is 1. The van der Waals surface area contributed by atoms with Crippen LogP contribution in [-0.4, -0.2) is 23.2 Å². The summed E-state index contributed by atoms with van der Waals surface area (Å²) < 4.78 is 5.27. The largest absolute Gasteiger partial charge is 0.497 e. The second-order valence-electron chi connectivity index (χ2n) is 7.02. The molecule has 6 nitrogen and oxygen atoms in total. The van der Waals surface area contributed by atoms with Gasteiger partial charge in [0.1, 0.15) is 11.3 Å². The molecular formula is C21H18N4O2S. The van der Waals surface area contributed by atoms with Gasteiger partial charge in [0.15, 0.2) is 0 Å². The molecule has 0 spiro atoms. The maximum absolute atomic E-state index is 13.3. The van der Waals surface area contributed by atoms with Gasteiger partial charge in [0.05, 0.1) is 24.2 Å². The zero-order valence-electron chi connectivity index (χ0n) is 15.5. The van der Waals surface area contributed by atoms with Crippen molar-refractivity contribution in [3.8, 4) is 11.8 Å². The molecule has 1 heterocycles. The van der Waals surface area contributed by atoms with Crippen LogP contribution in [0.15, 0.2) is 48.0 Å². The standard InChI is InChI=1S/C21H18N4O2S/c1-21(19(26)24-20-25-23-12-28-20)10-15-4-3-13(11-22)9-17(15)18(21)14-5-7-16(27-2)8-6-14/h3-9,12,18H,10H2,1-2H3,(H,24,25,26)/t18-,21+/m0/s1. The zero-order chi connectivity index (χ0) is 19.7. The van der Waals surface area contributed by atoms with Gasteiger partial charge < -0.3 is 10.1 Å². The van der Waals surface area contributed by atoms with Crippen LogP contribution in [-0.2, 0) is 11.2 Å². The van der Waals surface area contributed by atoms with Gasteiger partial charge in [-0.15, -0.1) is 10.2 Å². The van der Waals surface area contributed by atoms with Crippen LogP contribution in [0.2, 0.25) is 0 Å². The van der Waals surface area contributed by atoms with E-state index < -0.39 is 5.41 Å². The lowest BCUT2D eigenvalue weighted by Gasteiger charge is -2.31. The second kappa shape index (κ2) is 7.06. The van der Waals surface area contributed by atoms with Gasteiger partial charge in [0.25, 0.3) is 0 Å². The zero-order valence-corrected chi connectivity index (χ0v) is 16.3. The highest BCUT2D eigenvalue weighted by molar-refractivity contribution is 7.13. The first-order chi connectivity index (χ1) is 13.5. The van der Waals surface area contributed by atoms with E-state index in [0.717, 1.165) is 22.4 Å². The van der Waals surface area contributed by atoms with E-state index in [9.17, 15) is 10.1 Å². The van der Waals surface area contributed by atoms with Gasteiger partial charge in [-0.1, -0.05) is 29.5 Å². The van der Waals surface area contributed by atoms with E-state index in [1.165, 1.54) is 11.3 Å². The average molecular weight is 390 g/mol. The first-order valence-electron chi connectivity index (χ1n) is 8.79. The molecule has 0 unspecified atom stereocenters. The Morgan fingerprint density at radius 1 is 1.32 bits per heavy atom. The number of hydrogen-bond acceptors (Lipinski definition) is 6. The predicted molar refractivity (Wildman–Crippen MR) is 106 cm³/mol. The molecule has 0 aliphatic heterocycles. The van der Waals surface area contributed by atoms with Gasteiger partial charge in [-0.25, -0.2) is 0 Å². The Hall–Kier alpha value is -3.24. The second-order valence-corrected chi connectivity index (χ2v) is 7.86. The lowest BCUT2D eigenvalue weighted by atomic mass is 9.73. The molecule has 4 rings (SSSR count). The smallest absolute Gasteiger partial charge is 0.233 e. The highest BCUT2D eigenvalue weighted by Gasteiger charge is 2.49. The summed E-state index contributed by atoms with van der Waals surface area (Å²) >= 11 is 1.29. The van der Waals surface area contributed by atoms with Crippen molar-refractivity contribution >= 4 is 22.4 Å². The number of rotatable bonds is 4. The molecule has 3 aromatic rings. The van der Waals surface area contributed by atoms with Crippen LogP contribution >= 0.6 is 11.3 Å². The van der Waals surface area contributed by atoms with Crippen LogP contribution in [0.25, 0.3) is 0 Å². The molecule has 140 valence electrons. The highest BCUT2D eigenvalue weighted by atomic mass is 32.1. The van der Waals surface area contributed by atoms with Crippen LogP contribution in [0.3, 0.4) is 0 Å². The SMILES string of the molecule is COc1ccc([C@H]2c3cc(C#N)ccc3C[C@@]2(C)C(=O)Nc2nncs2)cc1. The van der Waals surface area contributed by atoms with E-state index in [0.29, 0.717) is 17.1 Å². The Morgan fingerprint density at radius 3 is 2.75 bits per heavy atom. The minimum Gasteiger partial charge on any atom is -0.497 e. The number of ether oxygens (including phenoxy) is 1. The summed E-state index contributed by atoms with van der Waals surface area (Å²) in [5, 5.41) is 20.5. The van der Waals surface area contributed by atoms with Crippen LogP contribution in [0.5, 0.6) is 5.75 Å². The summed E-state index contributed by atoms with van der Waals surface area (Å²) in [6, 6.07) is 15.6. The molecule has 2 aromatic carbocycles. The minimum atomic E-state index is -0.726. The molecule has 28 heavy (non-hydrogen) atoms. The van der Waals surface area contributed by atoms with Crippen molar-refractivity contribution in [1.29, 1.82) is 5.26 Å². The van der Waals surface area contributed by atoms with Crippen molar-refractivity contribution in [2.24, 2.45) is 5.41 Å². The minimum absolute atomic E-state index is 0.111. The molecule has 0 fully saturated rings. The maximum Gasteiger partial charge on any atom is 0.233 e. The van der Waals surface area contributed by atoms with Crippen molar-refractivity contribution < 1.29 is 9.53 Å². The number of carbonyl (C=O) groups is 1. The Morgan fingerprint density at radius 2 is 2.11 bits per heavy atom. The third-order valence-electron chi connectivity index (χ3n) is 5.33. The van der Waals surface area contributed by atoms with Crippen LogP contribution in [0.4, 0.5) is 5.13 Å². The van der Waals surface area contributed by atoms with E-state index in [1.54, 1.807) is 18.7 Å². The number of fused-ring (bicyclic) bond motifs is 1. The monoisotopic (exact) mass is 390 g/mol. The maximum atomic E-state index is 13.3. The number of hydrogen-bond donors (Lipinski definition) is 1. The van der Waals surface area contributed by atoms with Crippen LogP contribution < -0.4 is 10.1 Å². The molecule has 1 aromatic heterocycles. The summed E-state index contributed by atoms with van der Waals surface area (Å²) in [6.07, 6.45) is 0.579. The summed E-state index contributed by atoms with van der Waals surface area (Å²) in [5.74, 6) is 0.460. The highest BCUT2D eigenvalue weighted by Crippen LogP contribution is 2.51. The van der Waals surface area contributed by atoms with Gasteiger partial charge in [-0.3, -0.25) is 4.79 Å². The van der Waals surface area contributed by atoms with Gasteiger partial charge in [0, 0.05) is 5.92 Å². The molecule has 0 saturated heterocycles. The van der Waals surface area contributed by atoms with E-state index in [4.69, 9.17) is 4.74 Å². The molecule has 1 aliphatic carbocycles. The topological polar surface area (TPSA) is 87.9 Å². The molecule has 1 aliphatic rings. The normalized spacial score (nSPS) is 20.2. The number of nitriles is 1. The fourth-order valence-electron chi connectivity index (χ4n) is 3.96. The average Bonchev–Trinajstić information content (AvgIpc) is 3.33. The summed E-state index contributed by atoms with van der Waals surface area (Å²) in [6.45, 7) is 1.96. The number of nitrogens with one attached hydrogen (secondary N) is 1. The fraction of sp³-hybridized carbons (Fsp3) is 0.238. The van der Waals surface area contributed by atoms with Crippen molar-refractivity contribution in [3.63, 3.8) is 0 Å². The van der Waals surface area contributed by atoms with Crippen molar-refractivity contribution in [2.45, 2.75) is 19.3 Å². The number of methoxy groups -OCH3 is 1. The number of aromatic nitrogens is 2. The first kappa shape index (κ1) is 18.1. The van der Waals surface area contributed by atoms with Crippen molar-refractivity contribution in [1.82, 2.24) is 10.2 Å². The predicted octanol–water partition coefficient (Wildman–Crippen LogP) is 3.75. The van der Waals surface area contributed by atoms with Crippen LogP contribution in [0, 0.1) is 16.7 Å². The van der Waals surface area contributed by atoms with Crippen molar-refractivity contribution in [3.05, 3.63) is 70.2 Å². The molecular weight excluding hydrogens is 372 g/mol. The van der Waals surface area contributed by atoms with Gasteiger partial charge in [-0.2, -0.15) is 5.26 Å². The van der Waals surface area contributed by atoms with E-state index in [-0.39, 0.29) is 11.8 Å². The van der Waals surface area contributed by atoms with Gasteiger partial charge in [-0.05, 0) is 54.3 Å². The third-order valence-corrected chi connectivity index (χ3v) is 5.94. The molecule has 0 bridgehead atoms. The third kappa shape index (κ3) is 3.02. The Bertz CT molecular complexity index is 1060. The summed E-state index contributed by atoms with van der Waals surface area (Å²) in [4.78, 5) is 13.3. The lowest BCUT2D eigenvalue weighted by Crippen LogP contribution is -2.37. The fourth-order valence-corrected chi connectivity index (χ4v) is 4.40. The molecule has 1 N–H and O–H groups in total. The molecule has 0 radical (unpaired) electrons. The van der Waals surface area contributed by atoms with E-state index in [2.05, 4.69) is 21.6 Å². The van der Waals surface area contributed by atoms with Gasteiger partial charge in [0.2, 0.25) is 11.0 Å².